The Morgan fingerprint density at radius 1 is 1.33 bits per heavy atom. The Morgan fingerprint density at radius 2 is 2.11 bits per heavy atom. The second-order valence-electron chi connectivity index (χ2n) is 4.03. The molecule has 0 saturated carbocycles. The summed E-state index contributed by atoms with van der Waals surface area (Å²) in [7, 11) is 1.67. The summed E-state index contributed by atoms with van der Waals surface area (Å²) in [6.07, 6.45) is 0.953. The maximum Gasteiger partial charge on any atom is 0.145 e. The van der Waals surface area contributed by atoms with Crippen molar-refractivity contribution in [2.75, 3.05) is 19.0 Å². The maximum absolute atomic E-state index is 5.38. The molecule has 0 atom stereocenters. The Hall–Kier alpha value is -1.29. The van der Waals surface area contributed by atoms with Gasteiger partial charge in [0.25, 0.3) is 0 Å². The SMILES string of the molecule is CCNc1nc2c(OC)ccc(Br)c2cc1CC. The number of aromatic nitrogens is 1. The van der Waals surface area contributed by atoms with E-state index in [9.17, 15) is 0 Å². The number of ether oxygens (including phenoxy) is 1. The number of nitrogens with zero attached hydrogens (tertiary/aromatic N) is 1. The van der Waals surface area contributed by atoms with Crippen LogP contribution < -0.4 is 10.1 Å². The summed E-state index contributed by atoms with van der Waals surface area (Å²) in [5.41, 5.74) is 2.11. The van der Waals surface area contributed by atoms with Crippen LogP contribution in [-0.2, 0) is 6.42 Å². The molecule has 0 bridgehead atoms. The normalized spacial score (nSPS) is 10.7. The van der Waals surface area contributed by atoms with Crippen LogP contribution in [-0.4, -0.2) is 18.6 Å². The standard InChI is InChI=1S/C14H17BrN2O/c1-4-9-8-10-11(15)6-7-12(18-3)13(10)17-14(9)16-5-2/h6-8H,4-5H2,1-3H3,(H,16,17). The number of rotatable bonds is 4. The molecule has 4 heteroatoms. The first-order valence-electron chi connectivity index (χ1n) is 6.11. The Labute approximate surface area is 116 Å². The molecule has 1 aromatic heterocycles. The molecule has 18 heavy (non-hydrogen) atoms. The molecular formula is C14H17BrN2O. The second-order valence-corrected chi connectivity index (χ2v) is 4.88. The van der Waals surface area contributed by atoms with Gasteiger partial charge in [0, 0.05) is 16.4 Å². The van der Waals surface area contributed by atoms with Crippen LogP contribution in [0.15, 0.2) is 22.7 Å². The van der Waals surface area contributed by atoms with E-state index < -0.39 is 0 Å². The maximum atomic E-state index is 5.38. The van der Waals surface area contributed by atoms with Gasteiger partial charge in [0.15, 0.2) is 0 Å². The highest BCUT2D eigenvalue weighted by molar-refractivity contribution is 9.10. The van der Waals surface area contributed by atoms with Crippen LogP contribution in [0, 0.1) is 0 Å². The lowest BCUT2D eigenvalue weighted by Crippen LogP contribution is -2.04. The lowest BCUT2D eigenvalue weighted by Gasteiger charge is -2.13. The zero-order valence-corrected chi connectivity index (χ0v) is 12.5. The van der Waals surface area contributed by atoms with Crippen molar-refractivity contribution in [3.63, 3.8) is 0 Å². The molecule has 2 rings (SSSR count). The van der Waals surface area contributed by atoms with Crippen molar-refractivity contribution in [2.24, 2.45) is 0 Å². The van der Waals surface area contributed by atoms with Crippen LogP contribution in [0.4, 0.5) is 5.82 Å². The van der Waals surface area contributed by atoms with Gasteiger partial charge in [0.1, 0.15) is 17.1 Å². The third-order valence-corrected chi connectivity index (χ3v) is 3.61. The monoisotopic (exact) mass is 308 g/mol. The molecule has 1 N–H and O–H groups in total. The number of aryl methyl sites for hydroxylation is 1. The summed E-state index contributed by atoms with van der Waals surface area (Å²) in [6.45, 7) is 5.07. The third-order valence-electron chi connectivity index (χ3n) is 2.92. The summed E-state index contributed by atoms with van der Waals surface area (Å²) < 4.78 is 6.42. The van der Waals surface area contributed by atoms with Crippen LogP contribution in [0.1, 0.15) is 19.4 Å². The van der Waals surface area contributed by atoms with Gasteiger partial charge in [-0.15, -0.1) is 0 Å². The molecule has 0 amide bonds. The van der Waals surface area contributed by atoms with E-state index in [-0.39, 0.29) is 0 Å². The van der Waals surface area contributed by atoms with Crippen LogP contribution in [0.5, 0.6) is 5.75 Å². The van der Waals surface area contributed by atoms with Crippen molar-refractivity contribution in [1.29, 1.82) is 0 Å². The van der Waals surface area contributed by atoms with E-state index in [1.807, 2.05) is 12.1 Å². The molecule has 0 saturated heterocycles. The van der Waals surface area contributed by atoms with Gasteiger partial charge in [-0.3, -0.25) is 0 Å². The van der Waals surface area contributed by atoms with E-state index in [0.29, 0.717) is 0 Å². The van der Waals surface area contributed by atoms with Crippen molar-refractivity contribution < 1.29 is 4.74 Å². The summed E-state index contributed by atoms with van der Waals surface area (Å²) in [4.78, 5) is 4.70. The molecule has 1 heterocycles. The average molecular weight is 309 g/mol. The number of fused-ring (bicyclic) bond motifs is 1. The van der Waals surface area contributed by atoms with Gasteiger partial charge < -0.3 is 10.1 Å². The largest absolute Gasteiger partial charge is 0.494 e. The highest BCUT2D eigenvalue weighted by Crippen LogP contribution is 2.33. The van der Waals surface area contributed by atoms with E-state index >= 15 is 0 Å². The van der Waals surface area contributed by atoms with Gasteiger partial charge in [-0.1, -0.05) is 22.9 Å². The lowest BCUT2D eigenvalue weighted by molar-refractivity contribution is 0.419. The van der Waals surface area contributed by atoms with Gasteiger partial charge in [-0.25, -0.2) is 4.98 Å². The number of nitrogens with one attached hydrogen (secondary N) is 1. The zero-order valence-electron chi connectivity index (χ0n) is 10.9. The lowest BCUT2D eigenvalue weighted by atomic mass is 10.1. The molecule has 0 aliphatic carbocycles. The minimum Gasteiger partial charge on any atom is -0.494 e. The molecule has 0 aliphatic heterocycles. The Bertz CT molecular complexity index is 569. The van der Waals surface area contributed by atoms with Crippen molar-refractivity contribution in [3.8, 4) is 5.75 Å². The van der Waals surface area contributed by atoms with Gasteiger partial charge in [-0.05, 0) is 37.1 Å². The predicted molar refractivity (Wildman–Crippen MR) is 79.5 cm³/mol. The highest BCUT2D eigenvalue weighted by atomic mass is 79.9. The average Bonchev–Trinajstić information content (AvgIpc) is 2.39. The fourth-order valence-electron chi connectivity index (χ4n) is 2.00. The highest BCUT2D eigenvalue weighted by Gasteiger charge is 2.11. The van der Waals surface area contributed by atoms with Crippen LogP contribution in [0.3, 0.4) is 0 Å². The van der Waals surface area contributed by atoms with E-state index in [2.05, 4.69) is 41.2 Å². The zero-order chi connectivity index (χ0) is 13.1. The summed E-state index contributed by atoms with van der Waals surface area (Å²) in [5, 5.41) is 4.40. The minimum atomic E-state index is 0.801. The minimum absolute atomic E-state index is 0.801. The molecule has 2 aromatic rings. The van der Waals surface area contributed by atoms with Gasteiger partial charge >= 0.3 is 0 Å². The van der Waals surface area contributed by atoms with E-state index in [1.165, 1.54) is 5.56 Å². The fourth-order valence-corrected chi connectivity index (χ4v) is 2.43. The van der Waals surface area contributed by atoms with Crippen LogP contribution >= 0.6 is 15.9 Å². The topological polar surface area (TPSA) is 34.2 Å². The predicted octanol–water partition coefficient (Wildman–Crippen LogP) is 4.00. The van der Waals surface area contributed by atoms with Crippen LogP contribution in [0.2, 0.25) is 0 Å². The Morgan fingerprint density at radius 3 is 2.72 bits per heavy atom. The molecule has 0 spiro atoms. The first kappa shape index (κ1) is 13.1. The van der Waals surface area contributed by atoms with Crippen molar-refractivity contribution >= 4 is 32.7 Å². The first-order chi connectivity index (χ1) is 8.71. The molecule has 0 fully saturated rings. The Kier molecular flexibility index (Phi) is 4.07. The molecule has 0 radical (unpaired) electrons. The smallest absolute Gasteiger partial charge is 0.145 e. The molecule has 96 valence electrons. The third kappa shape index (κ3) is 2.29. The van der Waals surface area contributed by atoms with Crippen molar-refractivity contribution in [3.05, 3.63) is 28.2 Å². The number of hydrogen-bond acceptors (Lipinski definition) is 3. The van der Waals surface area contributed by atoms with Gasteiger partial charge in [0.2, 0.25) is 0 Å². The first-order valence-corrected chi connectivity index (χ1v) is 6.90. The molecule has 1 aromatic carbocycles. The summed E-state index contributed by atoms with van der Waals surface area (Å²) in [6, 6.07) is 6.10. The van der Waals surface area contributed by atoms with Crippen LogP contribution in [0.25, 0.3) is 10.9 Å². The van der Waals surface area contributed by atoms with E-state index in [1.54, 1.807) is 7.11 Å². The molecule has 3 nitrogen and oxygen atoms in total. The van der Waals surface area contributed by atoms with Gasteiger partial charge in [-0.2, -0.15) is 0 Å². The molecule has 0 unspecified atom stereocenters. The fraction of sp³-hybridized carbons (Fsp3) is 0.357. The summed E-state index contributed by atoms with van der Waals surface area (Å²) >= 11 is 3.57. The van der Waals surface area contributed by atoms with Crippen molar-refractivity contribution in [2.45, 2.75) is 20.3 Å². The van der Waals surface area contributed by atoms with E-state index in [0.717, 1.165) is 39.9 Å². The quantitative estimate of drug-likeness (QED) is 0.927. The number of methoxy groups -OCH3 is 1. The second kappa shape index (κ2) is 5.57. The Balaban J connectivity index is 2.73. The summed E-state index contributed by atoms with van der Waals surface area (Å²) in [5.74, 6) is 1.75. The number of pyridine rings is 1. The number of anilines is 1. The molecule has 0 aliphatic rings. The van der Waals surface area contributed by atoms with Gasteiger partial charge in [0.05, 0.1) is 7.11 Å². The molecular weight excluding hydrogens is 292 g/mol. The number of benzene rings is 1. The van der Waals surface area contributed by atoms with Crippen molar-refractivity contribution in [1.82, 2.24) is 4.98 Å². The number of halogens is 1. The van der Waals surface area contributed by atoms with E-state index in [4.69, 9.17) is 9.72 Å². The number of hydrogen-bond donors (Lipinski definition) is 1.